The van der Waals surface area contributed by atoms with E-state index >= 15 is 0 Å². The lowest BCUT2D eigenvalue weighted by atomic mass is 10.1. The van der Waals surface area contributed by atoms with Gasteiger partial charge < -0.3 is 14.3 Å². The summed E-state index contributed by atoms with van der Waals surface area (Å²) in [6.07, 6.45) is 1.62. The highest BCUT2D eigenvalue weighted by atomic mass is 16.3. The maximum atomic E-state index is 12.9. The summed E-state index contributed by atoms with van der Waals surface area (Å²) >= 11 is 0. The minimum absolute atomic E-state index is 0.129. The monoisotopic (exact) mass is 456 g/mol. The van der Waals surface area contributed by atoms with Gasteiger partial charge in [0.15, 0.2) is 0 Å². The Hall–Kier alpha value is -3.85. The van der Waals surface area contributed by atoms with Gasteiger partial charge in [0.25, 0.3) is 0 Å². The molecule has 1 aliphatic heterocycles. The maximum Gasteiger partial charge on any atom is 0.239 e. The lowest BCUT2D eigenvalue weighted by Gasteiger charge is -2.34. The van der Waals surface area contributed by atoms with Crippen molar-refractivity contribution in [3.63, 3.8) is 0 Å². The number of hydrogen-bond donors (Lipinski definition) is 1. The Balaban J connectivity index is 1.35. The molecular weight excluding hydrogens is 428 g/mol. The normalized spacial score (nSPS) is 14.5. The number of furan rings is 1. The zero-order valence-corrected chi connectivity index (χ0v) is 19.5. The van der Waals surface area contributed by atoms with Gasteiger partial charge in [-0.15, -0.1) is 0 Å². The predicted molar refractivity (Wildman–Crippen MR) is 128 cm³/mol. The van der Waals surface area contributed by atoms with E-state index in [0.29, 0.717) is 23.5 Å². The van der Waals surface area contributed by atoms with Crippen LogP contribution in [0.2, 0.25) is 0 Å². The van der Waals surface area contributed by atoms with Crippen LogP contribution in [0.1, 0.15) is 33.7 Å². The van der Waals surface area contributed by atoms with Crippen LogP contribution in [0, 0.1) is 36.5 Å². The fourth-order valence-electron chi connectivity index (χ4n) is 4.31. The molecule has 1 N–H and O–H groups in total. The second-order valence-corrected chi connectivity index (χ2v) is 8.62. The maximum absolute atomic E-state index is 12.9. The van der Waals surface area contributed by atoms with Gasteiger partial charge in [-0.3, -0.25) is 14.6 Å². The number of hydrogen-bond acceptors (Lipinski definition) is 6. The van der Waals surface area contributed by atoms with Crippen molar-refractivity contribution in [1.29, 1.82) is 10.5 Å². The highest BCUT2D eigenvalue weighted by molar-refractivity contribution is 5.93. The summed E-state index contributed by atoms with van der Waals surface area (Å²) in [6, 6.07) is 15.8. The smallest absolute Gasteiger partial charge is 0.239 e. The second-order valence-electron chi connectivity index (χ2n) is 8.62. The fourth-order valence-corrected chi connectivity index (χ4v) is 4.31. The van der Waals surface area contributed by atoms with Gasteiger partial charge in [0, 0.05) is 38.4 Å². The minimum atomic E-state index is -0.129. The molecule has 0 unspecified atom stereocenters. The topological polar surface area (TPSA) is 101 Å². The fraction of sp³-hybridized carbons (Fsp3) is 0.346. The molecule has 0 saturated carbocycles. The molecule has 1 saturated heterocycles. The van der Waals surface area contributed by atoms with E-state index in [0.717, 1.165) is 49.7 Å². The van der Waals surface area contributed by atoms with E-state index in [4.69, 9.17) is 9.68 Å². The molecule has 0 radical (unpaired) electrons. The average Bonchev–Trinajstić information content (AvgIpc) is 3.43. The summed E-state index contributed by atoms with van der Waals surface area (Å²) in [5, 5.41) is 21.6. The molecule has 0 atom stereocenters. The Labute approximate surface area is 199 Å². The third kappa shape index (κ3) is 5.20. The molecule has 34 heavy (non-hydrogen) atoms. The molecular formula is C26H28N6O2. The number of nitriles is 2. The first-order valence-electron chi connectivity index (χ1n) is 11.3. The Morgan fingerprint density at radius 1 is 1.00 bits per heavy atom. The number of benzene rings is 1. The molecule has 1 aliphatic rings. The van der Waals surface area contributed by atoms with E-state index in [1.807, 2.05) is 54.8 Å². The highest BCUT2D eigenvalue weighted by Crippen LogP contribution is 2.27. The van der Waals surface area contributed by atoms with Gasteiger partial charge in [0.2, 0.25) is 5.91 Å². The van der Waals surface area contributed by atoms with E-state index in [9.17, 15) is 10.1 Å². The van der Waals surface area contributed by atoms with Gasteiger partial charge in [-0.25, -0.2) is 0 Å². The van der Waals surface area contributed by atoms with Gasteiger partial charge in [0.1, 0.15) is 17.6 Å². The van der Waals surface area contributed by atoms with Gasteiger partial charge in [-0.1, -0.05) is 12.1 Å². The lowest BCUT2D eigenvalue weighted by molar-refractivity contribution is -0.117. The molecule has 2 aromatic heterocycles. The number of aromatic nitrogens is 1. The molecule has 0 bridgehead atoms. The zero-order valence-electron chi connectivity index (χ0n) is 19.5. The molecule has 0 aliphatic carbocycles. The van der Waals surface area contributed by atoms with Crippen molar-refractivity contribution < 1.29 is 9.21 Å². The van der Waals surface area contributed by atoms with Crippen LogP contribution in [0.5, 0.6) is 0 Å². The third-order valence-corrected chi connectivity index (χ3v) is 6.41. The van der Waals surface area contributed by atoms with Crippen molar-refractivity contribution in [3.05, 3.63) is 76.4 Å². The summed E-state index contributed by atoms with van der Waals surface area (Å²) in [5.41, 5.74) is 4.13. The van der Waals surface area contributed by atoms with Crippen molar-refractivity contribution in [3.8, 4) is 12.1 Å². The Morgan fingerprint density at radius 3 is 2.32 bits per heavy atom. The van der Waals surface area contributed by atoms with Gasteiger partial charge in [0.05, 0.1) is 36.5 Å². The summed E-state index contributed by atoms with van der Waals surface area (Å²) < 4.78 is 7.41. The molecule has 1 amide bonds. The van der Waals surface area contributed by atoms with Crippen molar-refractivity contribution >= 4 is 11.7 Å². The first-order chi connectivity index (χ1) is 16.5. The summed E-state index contributed by atoms with van der Waals surface area (Å²) in [6.45, 7) is 8.71. The predicted octanol–water partition coefficient (Wildman–Crippen LogP) is 3.25. The van der Waals surface area contributed by atoms with E-state index in [1.165, 1.54) is 5.56 Å². The van der Waals surface area contributed by atoms with E-state index in [1.54, 1.807) is 6.26 Å². The second kappa shape index (κ2) is 10.4. The van der Waals surface area contributed by atoms with Crippen LogP contribution in [-0.4, -0.2) is 53.0 Å². The molecule has 0 spiro atoms. The van der Waals surface area contributed by atoms with Crippen LogP contribution in [0.25, 0.3) is 0 Å². The summed E-state index contributed by atoms with van der Waals surface area (Å²) in [5.74, 6) is 1.16. The van der Waals surface area contributed by atoms with Crippen LogP contribution in [0.3, 0.4) is 0 Å². The standard InChI is InChI=1S/C26H28N6O2/c1-19-20(2)32(17-23-4-3-13-34-23)26(24(19)15-28)29-25(33)18-31-11-9-30(10-12-31)16-22-7-5-21(14-27)6-8-22/h3-8,13H,9-12,16-18H2,1-2H3,(H,29,33). The molecule has 8 nitrogen and oxygen atoms in total. The number of rotatable bonds is 7. The molecule has 3 heterocycles. The number of carbonyl (C=O) groups excluding carboxylic acids is 1. The quantitative estimate of drug-likeness (QED) is 0.586. The molecule has 4 rings (SSSR count). The third-order valence-electron chi connectivity index (χ3n) is 6.41. The van der Waals surface area contributed by atoms with Gasteiger partial charge >= 0.3 is 0 Å². The molecule has 1 fully saturated rings. The first-order valence-corrected chi connectivity index (χ1v) is 11.3. The van der Waals surface area contributed by atoms with Crippen LogP contribution < -0.4 is 5.32 Å². The number of carbonyl (C=O) groups is 1. The first kappa shape index (κ1) is 23.3. The average molecular weight is 457 g/mol. The van der Waals surface area contributed by atoms with Crippen molar-refractivity contribution in [1.82, 2.24) is 14.4 Å². The number of piperazine rings is 1. The Bertz CT molecular complexity index is 1220. The van der Waals surface area contributed by atoms with Gasteiger partial charge in [-0.2, -0.15) is 10.5 Å². The number of anilines is 1. The number of nitrogens with zero attached hydrogens (tertiary/aromatic N) is 5. The van der Waals surface area contributed by atoms with Crippen LogP contribution in [0.4, 0.5) is 5.82 Å². The van der Waals surface area contributed by atoms with E-state index < -0.39 is 0 Å². The van der Waals surface area contributed by atoms with Crippen LogP contribution in [0.15, 0.2) is 47.1 Å². The molecule has 8 heteroatoms. The summed E-state index contributed by atoms with van der Waals surface area (Å²) in [7, 11) is 0. The van der Waals surface area contributed by atoms with Crippen LogP contribution >= 0.6 is 0 Å². The molecule has 174 valence electrons. The SMILES string of the molecule is Cc1c(C#N)c(NC(=O)CN2CCN(Cc3ccc(C#N)cc3)CC2)n(Cc2ccco2)c1C. The molecule has 3 aromatic rings. The number of nitrogens with one attached hydrogen (secondary N) is 1. The highest BCUT2D eigenvalue weighted by Gasteiger charge is 2.23. The summed E-state index contributed by atoms with van der Waals surface area (Å²) in [4.78, 5) is 17.4. The van der Waals surface area contributed by atoms with Crippen molar-refractivity contribution in [2.75, 3.05) is 38.0 Å². The zero-order chi connectivity index (χ0) is 24.1. The minimum Gasteiger partial charge on any atom is -0.467 e. The lowest BCUT2D eigenvalue weighted by Crippen LogP contribution is -2.48. The molecule has 1 aromatic carbocycles. The Morgan fingerprint density at radius 2 is 1.71 bits per heavy atom. The van der Waals surface area contributed by atoms with Crippen LogP contribution in [-0.2, 0) is 17.9 Å². The van der Waals surface area contributed by atoms with E-state index in [-0.39, 0.29) is 12.5 Å². The van der Waals surface area contributed by atoms with Crippen molar-refractivity contribution in [2.24, 2.45) is 0 Å². The van der Waals surface area contributed by atoms with Gasteiger partial charge in [-0.05, 0) is 49.2 Å². The van der Waals surface area contributed by atoms with E-state index in [2.05, 4.69) is 27.3 Å². The number of amides is 1. The van der Waals surface area contributed by atoms with Crippen molar-refractivity contribution in [2.45, 2.75) is 26.9 Å². The Kier molecular flexibility index (Phi) is 7.12. The largest absolute Gasteiger partial charge is 0.467 e.